The fraction of sp³-hybridized carbons (Fsp3) is 0.787. The van der Waals surface area contributed by atoms with Gasteiger partial charge in [-0.2, -0.15) is 0 Å². The zero-order chi connectivity index (χ0) is 45.0. The Hall–Kier alpha value is -2.19. The van der Waals surface area contributed by atoms with Crippen LogP contribution in [0.1, 0.15) is 181 Å². The van der Waals surface area contributed by atoms with Crippen molar-refractivity contribution < 1.29 is 63.1 Å². The van der Waals surface area contributed by atoms with E-state index in [1.807, 2.05) is 12.2 Å². The second-order valence-corrected chi connectivity index (χ2v) is 17.7. The van der Waals surface area contributed by atoms with E-state index in [9.17, 15) is 44.6 Å². The Morgan fingerprint density at radius 1 is 0.508 bits per heavy atom. The number of carbonyl (C=O) groups is 2. The average Bonchev–Trinajstić information content (AvgIpc) is 3.24. The lowest BCUT2D eigenvalue weighted by Crippen LogP contribution is -2.64. The number of hydrogen-bond donors (Lipinski definition) is 6. The molecule has 0 spiro atoms. The van der Waals surface area contributed by atoms with Gasteiger partial charge < -0.3 is 39.9 Å². The molecule has 3 unspecified atom stereocenters. The number of hydrogen-bond acceptors (Lipinski definition) is 12. The summed E-state index contributed by atoms with van der Waals surface area (Å²) in [5.74, 6) is -1.16. The Morgan fingerprint density at radius 2 is 0.902 bits per heavy atom. The van der Waals surface area contributed by atoms with Gasteiger partial charge in [-0.3, -0.25) is 18.6 Å². The van der Waals surface area contributed by atoms with Gasteiger partial charge in [0.05, 0.1) is 6.61 Å². The molecule has 1 saturated carbocycles. The molecule has 0 heterocycles. The van der Waals surface area contributed by atoms with Crippen LogP contribution >= 0.6 is 7.82 Å². The molecule has 0 aromatic heterocycles. The number of ether oxygens (including phenoxy) is 2. The van der Waals surface area contributed by atoms with Gasteiger partial charge in [-0.25, -0.2) is 4.57 Å². The van der Waals surface area contributed by atoms with Crippen molar-refractivity contribution in [2.75, 3.05) is 13.2 Å². The van der Waals surface area contributed by atoms with E-state index in [1.54, 1.807) is 0 Å². The summed E-state index contributed by atoms with van der Waals surface area (Å²) < 4.78 is 33.5. The van der Waals surface area contributed by atoms with E-state index in [-0.39, 0.29) is 12.8 Å². The van der Waals surface area contributed by atoms with E-state index in [2.05, 4.69) is 50.3 Å². The number of carbonyl (C=O) groups excluding carboxylic acids is 2. The number of aliphatic hydroxyl groups excluding tert-OH is 5. The van der Waals surface area contributed by atoms with E-state index < -0.39 is 75.7 Å². The quantitative estimate of drug-likeness (QED) is 0.0148. The zero-order valence-corrected chi connectivity index (χ0v) is 38.3. The van der Waals surface area contributed by atoms with Crippen molar-refractivity contribution in [1.29, 1.82) is 0 Å². The lowest BCUT2D eigenvalue weighted by atomic mass is 9.85. The molecule has 0 radical (unpaired) electrons. The van der Waals surface area contributed by atoms with Crippen LogP contribution < -0.4 is 0 Å². The minimum Gasteiger partial charge on any atom is -0.462 e. The SMILES string of the molecule is CCCCC/C=C/C/C=C/C/C=C/C/C=C/CCCC(=O)O[C@@H](COC(=O)CCCCCCCCCCCCCCCCC)COP(=O)(O)OC1[C@@H](O)[C@@H](O)C(O)[C@@H](O)[C@H]1O. The molecule has 8 atom stereocenters. The Kier molecular flexibility index (Phi) is 34.7. The molecule has 0 aromatic carbocycles. The molecule has 1 aliphatic carbocycles. The highest BCUT2D eigenvalue weighted by atomic mass is 31.2. The maximum absolute atomic E-state index is 12.8. The summed E-state index contributed by atoms with van der Waals surface area (Å²) in [4.78, 5) is 35.7. The van der Waals surface area contributed by atoms with Gasteiger partial charge in [0, 0.05) is 12.8 Å². The van der Waals surface area contributed by atoms with Crippen molar-refractivity contribution >= 4 is 19.8 Å². The number of esters is 2. The molecule has 13 nitrogen and oxygen atoms in total. The molecule has 0 amide bonds. The molecule has 14 heteroatoms. The van der Waals surface area contributed by atoms with Gasteiger partial charge >= 0.3 is 19.8 Å². The van der Waals surface area contributed by atoms with E-state index in [0.29, 0.717) is 19.3 Å². The summed E-state index contributed by atoms with van der Waals surface area (Å²) in [6.45, 7) is 3.23. The molecule has 1 fully saturated rings. The first-order valence-corrected chi connectivity index (χ1v) is 24.9. The maximum Gasteiger partial charge on any atom is 0.472 e. The number of phosphoric ester groups is 1. The van der Waals surface area contributed by atoms with E-state index in [4.69, 9.17) is 18.5 Å². The monoisotopic (exact) mass is 887 g/mol. The molecule has 0 aromatic rings. The highest BCUT2D eigenvalue weighted by Crippen LogP contribution is 2.47. The van der Waals surface area contributed by atoms with Crippen LogP contribution in [0.2, 0.25) is 0 Å². The third kappa shape index (κ3) is 29.7. The predicted molar refractivity (Wildman–Crippen MR) is 239 cm³/mol. The molecule has 61 heavy (non-hydrogen) atoms. The number of rotatable bonds is 38. The lowest BCUT2D eigenvalue weighted by molar-refractivity contribution is -0.220. The van der Waals surface area contributed by atoms with Gasteiger partial charge in [0.2, 0.25) is 0 Å². The normalized spacial score (nSPS) is 22.4. The fourth-order valence-corrected chi connectivity index (χ4v) is 7.84. The summed E-state index contributed by atoms with van der Waals surface area (Å²) in [7, 11) is -5.13. The molecule has 6 N–H and O–H groups in total. The molecule has 1 aliphatic rings. The molecule has 0 bridgehead atoms. The van der Waals surface area contributed by atoms with E-state index in [1.165, 1.54) is 89.9 Å². The maximum atomic E-state index is 12.8. The summed E-state index contributed by atoms with van der Waals surface area (Å²) in [6.07, 6.45) is 30.3. The largest absolute Gasteiger partial charge is 0.472 e. The average molecular weight is 887 g/mol. The minimum absolute atomic E-state index is 0.0213. The van der Waals surface area contributed by atoms with Crippen LogP contribution in [0.3, 0.4) is 0 Å². The summed E-state index contributed by atoms with van der Waals surface area (Å²) in [6, 6.07) is 0. The topological polar surface area (TPSA) is 210 Å². The van der Waals surface area contributed by atoms with Crippen molar-refractivity contribution in [1.82, 2.24) is 0 Å². The predicted octanol–water partition coefficient (Wildman–Crippen LogP) is 9.17. The first kappa shape index (κ1) is 56.8. The molecule has 1 rings (SSSR count). The van der Waals surface area contributed by atoms with Gasteiger partial charge in [0.15, 0.2) is 6.10 Å². The minimum atomic E-state index is -5.13. The van der Waals surface area contributed by atoms with E-state index in [0.717, 1.165) is 44.9 Å². The van der Waals surface area contributed by atoms with Crippen LogP contribution in [0.5, 0.6) is 0 Å². The van der Waals surface area contributed by atoms with Crippen molar-refractivity contribution in [3.63, 3.8) is 0 Å². The lowest BCUT2D eigenvalue weighted by Gasteiger charge is -2.41. The Bertz CT molecular complexity index is 1250. The van der Waals surface area contributed by atoms with Gasteiger partial charge in [0.1, 0.15) is 43.2 Å². The van der Waals surface area contributed by atoms with Gasteiger partial charge in [-0.15, -0.1) is 0 Å². The number of aliphatic hydroxyl groups is 5. The number of phosphoric acid groups is 1. The van der Waals surface area contributed by atoms with Crippen LogP contribution in [-0.4, -0.2) is 98.3 Å². The number of unbranched alkanes of at least 4 members (excludes halogenated alkanes) is 18. The van der Waals surface area contributed by atoms with Crippen LogP contribution in [-0.2, 0) is 32.7 Å². The van der Waals surface area contributed by atoms with Crippen LogP contribution in [0.4, 0.5) is 0 Å². The summed E-state index contributed by atoms with van der Waals surface area (Å²) in [5.41, 5.74) is 0. The van der Waals surface area contributed by atoms with Crippen LogP contribution in [0, 0.1) is 0 Å². The van der Waals surface area contributed by atoms with Crippen molar-refractivity contribution in [3.05, 3.63) is 48.6 Å². The molecular formula is C47H83O13P. The third-order valence-electron chi connectivity index (χ3n) is 10.7. The highest BCUT2D eigenvalue weighted by molar-refractivity contribution is 7.47. The van der Waals surface area contributed by atoms with Crippen molar-refractivity contribution in [2.24, 2.45) is 0 Å². The fourth-order valence-electron chi connectivity index (χ4n) is 6.87. The Labute approximate surface area is 367 Å². The summed E-state index contributed by atoms with van der Waals surface area (Å²) >= 11 is 0. The molecule has 354 valence electrons. The van der Waals surface area contributed by atoms with Crippen LogP contribution in [0.15, 0.2) is 48.6 Å². The van der Waals surface area contributed by atoms with Gasteiger partial charge in [-0.1, -0.05) is 165 Å². The highest BCUT2D eigenvalue weighted by Gasteiger charge is 2.51. The smallest absolute Gasteiger partial charge is 0.462 e. The second kappa shape index (κ2) is 37.2. The zero-order valence-electron chi connectivity index (χ0n) is 37.4. The Morgan fingerprint density at radius 3 is 1.39 bits per heavy atom. The summed E-state index contributed by atoms with van der Waals surface area (Å²) in [5, 5.41) is 50.1. The standard InChI is InChI=1S/C47H83O13P/c1-3-5-7-9-11-13-15-17-19-20-22-24-26-28-30-32-34-36-41(49)59-39(38-58-61(55,56)60-47-45(53)43(51)42(50)44(52)46(47)54)37-57-40(48)35-33-31-29-27-25-23-21-18-16-14-12-10-8-6-4-2/h11,13,17,19,22,24,28,30,39,42-47,50-54H,3-10,12,14-16,18,20-21,23,25-27,29,31-38H2,1-2H3,(H,55,56)/b13-11+,19-17+,24-22+,30-28+/t39-,42?,43-,44+,45-,46+,47?/m0/s1. The van der Waals surface area contributed by atoms with Crippen molar-refractivity contribution in [3.8, 4) is 0 Å². The molecule has 0 saturated heterocycles. The van der Waals surface area contributed by atoms with Gasteiger partial charge in [0.25, 0.3) is 0 Å². The first-order chi connectivity index (χ1) is 29.4. The molecular weight excluding hydrogens is 803 g/mol. The molecule has 0 aliphatic heterocycles. The van der Waals surface area contributed by atoms with Gasteiger partial charge in [-0.05, 0) is 51.4 Å². The van der Waals surface area contributed by atoms with E-state index >= 15 is 0 Å². The Balaban J connectivity index is 2.50. The van der Waals surface area contributed by atoms with Crippen molar-refractivity contribution in [2.45, 2.75) is 224 Å². The van der Waals surface area contributed by atoms with Crippen LogP contribution in [0.25, 0.3) is 0 Å². The third-order valence-corrected chi connectivity index (χ3v) is 11.7. The second-order valence-electron chi connectivity index (χ2n) is 16.3. The first-order valence-electron chi connectivity index (χ1n) is 23.4. The number of allylic oxidation sites excluding steroid dienone is 8.